The lowest BCUT2D eigenvalue weighted by molar-refractivity contribution is 0.0912. The monoisotopic (exact) mass is 432 g/mol. The minimum atomic E-state index is -0.712. The van der Waals surface area contributed by atoms with E-state index in [1.54, 1.807) is 55.7 Å². The van der Waals surface area contributed by atoms with E-state index >= 15 is 0 Å². The molecule has 4 aromatic rings. The first-order valence-electron chi connectivity index (χ1n) is 9.91. The number of aliphatic hydroxyl groups excluding tert-OH is 1. The number of nitrogens with one attached hydrogen (secondary N) is 1. The van der Waals surface area contributed by atoms with Crippen LogP contribution < -0.4 is 11.1 Å². The molecule has 0 bridgehead atoms. The third-order valence-electron chi connectivity index (χ3n) is 5.19. The molecule has 0 fully saturated rings. The zero-order valence-corrected chi connectivity index (χ0v) is 17.2. The molecule has 0 saturated heterocycles. The Morgan fingerprint density at radius 1 is 1.12 bits per heavy atom. The fourth-order valence-corrected chi connectivity index (χ4v) is 3.45. The first-order chi connectivity index (χ1) is 15.5. The molecule has 0 aliphatic carbocycles. The average Bonchev–Trinajstić information content (AvgIpc) is 3.24. The molecule has 8 heteroatoms. The number of rotatable bonds is 6. The van der Waals surface area contributed by atoms with E-state index in [1.165, 1.54) is 12.1 Å². The van der Waals surface area contributed by atoms with Crippen molar-refractivity contribution in [2.45, 2.75) is 13.0 Å². The van der Waals surface area contributed by atoms with Crippen molar-refractivity contribution in [3.8, 4) is 22.3 Å². The normalized spacial score (nSPS) is 11.8. The Labute approximate surface area is 183 Å². The summed E-state index contributed by atoms with van der Waals surface area (Å²) in [5, 5.41) is 16.1. The van der Waals surface area contributed by atoms with Gasteiger partial charge in [0, 0.05) is 22.9 Å². The van der Waals surface area contributed by atoms with Gasteiger partial charge in [-0.2, -0.15) is 0 Å². The molecular weight excluding hydrogens is 411 g/mol. The predicted molar refractivity (Wildman–Crippen MR) is 118 cm³/mol. The first kappa shape index (κ1) is 21.2. The second-order valence-electron chi connectivity index (χ2n) is 7.27. The van der Waals surface area contributed by atoms with Crippen molar-refractivity contribution in [1.82, 2.24) is 15.5 Å². The van der Waals surface area contributed by atoms with Crippen molar-refractivity contribution in [3.05, 3.63) is 89.7 Å². The molecule has 0 unspecified atom stereocenters. The number of hydrogen-bond acceptors (Lipinski definition) is 6. The largest absolute Gasteiger partial charge is 0.394 e. The molecule has 0 saturated carbocycles. The van der Waals surface area contributed by atoms with E-state index < -0.39 is 17.8 Å². The Hall–Kier alpha value is -4.04. The number of benzene rings is 2. The highest BCUT2D eigenvalue weighted by atomic mass is 19.1. The van der Waals surface area contributed by atoms with Gasteiger partial charge < -0.3 is 20.7 Å². The molecule has 2 aromatic carbocycles. The topological polar surface area (TPSA) is 114 Å². The summed E-state index contributed by atoms with van der Waals surface area (Å²) < 4.78 is 20.0. The number of nitrogens with two attached hydrogens (primary N) is 1. The number of aromatic nitrogens is 2. The van der Waals surface area contributed by atoms with Gasteiger partial charge in [0.15, 0.2) is 0 Å². The Morgan fingerprint density at radius 3 is 2.56 bits per heavy atom. The smallest absolute Gasteiger partial charge is 0.254 e. The van der Waals surface area contributed by atoms with Gasteiger partial charge in [-0.25, -0.2) is 9.37 Å². The fourth-order valence-electron chi connectivity index (χ4n) is 3.45. The highest BCUT2D eigenvalue weighted by Gasteiger charge is 2.19. The van der Waals surface area contributed by atoms with Crippen LogP contribution in [0.5, 0.6) is 0 Å². The Kier molecular flexibility index (Phi) is 5.96. The van der Waals surface area contributed by atoms with E-state index in [-0.39, 0.29) is 18.0 Å². The lowest BCUT2D eigenvalue weighted by atomic mass is 10.00. The molecule has 0 radical (unpaired) electrons. The fraction of sp³-hybridized carbons (Fsp3) is 0.125. The molecule has 4 rings (SSSR count). The van der Waals surface area contributed by atoms with Crippen LogP contribution in [0.25, 0.3) is 22.3 Å². The maximum atomic E-state index is 14.9. The molecule has 1 atom stereocenters. The Balaban J connectivity index is 1.61. The van der Waals surface area contributed by atoms with E-state index in [1.807, 2.05) is 6.07 Å². The number of amides is 1. The van der Waals surface area contributed by atoms with E-state index in [9.17, 15) is 14.3 Å². The van der Waals surface area contributed by atoms with Gasteiger partial charge in [-0.05, 0) is 36.2 Å². The highest BCUT2D eigenvalue weighted by molar-refractivity contribution is 5.95. The zero-order chi connectivity index (χ0) is 22.7. The number of carbonyl (C=O) groups excluding carboxylic acids is 1. The van der Waals surface area contributed by atoms with Gasteiger partial charge in [0.1, 0.15) is 17.4 Å². The van der Waals surface area contributed by atoms with Crippen molar-refractivity contribution in [2.75, 3.05) is 12.3 Å². The number of halogens is 1. The summed E-state index contributed by atoms with van der Waals surface area (Å²) >= 11 is 0. The van der Waals surface area contributed by atoms with E-state index in [4.69, 9.17) is 10.3 Å². The summed E-state index contributed by atoms with van der Waals surface area (Å²) in [7, 11) is 0. The molecule has 162 valence electrons. The quantitative estimate of drug-likeness (QED) is 0.426. The molecule has 4 N–H and O–H groups in total. The third kappa shape index (κ3) is 4.21. The predicted octanol–water partition coefficient (Wildman–Crippen LogP) is 3.90. The van der Waals surface area contributed by atoms with Crippen LogP contribution in [0.15, 0.2) is 71.5 Å². The van der Waals surface area contributed by atoms with E-state index in [2.05, 4.69) is 15.5 Å². The van der Waals surface area contributed by atoms with Crippen LogP contribution in [-0.4, -0.2) is 27.8 Å². The summed E-state index contributed by atoms with van der Waals surface area (Å²) in [6.07, 6.45) is 3.17. The number of nitrogens with zero attached hydrogens (tertiary/aromatic N) is 2. The number of pyridine rings is 1. The second kappa shape index (κ2) is 8.99. The number of carbonyl (C=O) groups is 1. The lowest BCUT2D eigenvalue weighted by Crippen LogP contribution is -2.31. The third-order valence-corrected chi connectivity index (χ3v) is 5.19. The van der Waals surface area contributed by atoms with Gasteiger partial charge in [0.2, 0.25) is 0 Å². The standard InChI is InChI=1S/C24H21FN4O3/c1-14-20(12-28-32-14)17-9-19(23(26)27-11-17)16-7-8-18(21(25)10-16)24(31)29-22(13-30)15-5-3-2-4-6-15/h2-12,22,30H,13H2,1H3,(H2,26,27)(H,29,31)/t22-/m1/s1. The maximum absolute atomic E-state index is 14.9. The van der Waals surface area contributed by atoms with Gasteiger partial charge in [-0.1, -0.05) is 41.6 Å². The molecule has 0 aliphatic rings. The lowest BCUT2D eigenvalue weighted by Gasteiger charge is -2.17. The summed E-state index contributed by atoms with van der Waals surface area (Å²) in [6, 6.07) is 14.3. The van der Waals surface area contributed by atoms with Crippen LogP contribution in [-0.2, 0) is 0 Å². The zero-order valence-electron chi connectivity index (χ0n) is 17.2. The molecule has 0 spiro atoms. The van der Waals surface area contributed by atoms with Gasteiger partial charge in [-0.15, -0.1) is 0 Å². The van der Waals surface area contributed by atoms with E-state index in [0.29, 0.717) is 16.9 Å². The average molecular weight is 432 g/mol. The molecular formula is C24H21FN4O3. The number of aliphatic hydroxyl groups is 1. The molecule has 7 nitrogen and oxygen atoms in total. The maximum Gasteiger partial charge on any atom is 0.254 e. The number of aryl methyl sites for hydroxylation is 1. The van der Waals surface area contributed by atoms with Crippen molar-refractivity contribution in [1.29, 1.82) is 0 Å². The molecule has 1 amide bonds. The Morgan fingerprint density at radius 2 is 1.91 bits per heavy atom. The summed E-state index contributed by atoms with van der Waals surface area (Å²) in [4.78, 5) is 16.9. The SMILES string of the molecule is Cc1oncc1-c1cnc(N)c(-c2ccc(C(=O)N[C@H](CO)c3ccccc3)c(F)c2)c1. The number of hydrogen-bond donors (Lipinski definition) is 3. The number of nitrogen functional groups attached to an aromatic ring is 1. The van der Waals surface area contributed by atoms with E-state index in [0.717, 1.165) is 16.7 Å². The van der Waals surface area contributed by atoms with Gasteiger partial charge in [0.05, 0.1) is 24.4 Å². The minimum absolute atomic E-state index is 0.138. The second-order valence-corrected chi connectivity index (χ2v) is 7.27. The molecule has 2 aromatic heterocycles. The minimum Gasteiger partial charge on any atom is -0.394 e. The van der Waals surface area contributed by atoms with Gasteiger partial charge >= 0.3 is 0 Å². The van der Waals surface area contributed by atoms with Crippen molar-refractivity contribution in [2.24, 2.45) is 0 Å². The molecule has 2 heterocycles. The summed E-state index contributed by atoms with van der Waals surface area (Å²) in [6.45, 7) is 1.47. The first-order valence-corrected chi connectivity index (χ1v) is 9.91. The van der Waals surface area contributed by atoms with Crippen LogP contribution >= 0.6 is 0 Å². The van der Waals surface area contributed by atoms with Gasteiger partial charge in [0.25, 0.3) is 5.91 Å². The number of anilines is 1. The van der Waals surface area contributed by atoms with Crippen LogP contribution in [0.1, 0.15) is 27.7 Å². The van der Waals surface area contributed by atoms with Crippen LogP contribution in [0.3, 0.4) is 0 Å². The van der Waals surface area contributed by atoms with Crippen LogP contribution in [0.2, 0.25) is 0 Å². The Bertz CT molecular complexity index is 1260. The van der Waals surface area contributed by atoms with Crippen molar-refractivity contribution in [3.63, 3.8) is 0 Å². The van der Waals surface area contributed by atoms with Crippen molar-refractivity contribution >= 4 is 11.7 Å². The van der Waals surface area contributed by atoms with Crippen LogP contribution in [0, 0.1) is 12.7 Å². The van der Waals surface area contributed by atoms with Crippen LogP contribution in [0.4, 0.5) is 10.2 Å². The van der Waals surface area contributed by atoms with Crippen molar-refractivity contribution < 1.29 is 18.8 Å². The molecule has 32 heavy (non-hydrogen) atoms. The summed E-state index contributed by atoms with van der Waals surface area (Å²) in [5.74, 6) is -0.492. The van der Waals surface area contributed by atoms with Gasteiger partial charge in [-0.3, -0.25) is 4.79 Å². The highest BCUT2D eigenvalue weighted by Crippen LogP contribution is 2.31. The molecule has 0 aliphatic heterocycles. The summed E-state index contributed by atoms with van der Waals surface area (Å²) in [5.41, 5.74) is 9.09.